The molecule has 0 aromatic carbocycles. The van der Waals surface area contributed by atoms with E-state index in [1.165, 1.54) is 26.4 Å². The maximum absolute atomic E-state index is 12.2. The molecule has 1 N–H and O–H groups in total. The number of aliphatic hydroxyl groups is 1. The van der Waals surface area contributed by atoms with Gasteiger partial charge in [-0.2, -0.15) is 0 Å². The molecule has 0 spiro atoms. The molecule has 1 heterocycles. The Morgan fingerprint density at radius 1 is 1.10 bits per heavy atom. The summed E-state index contributed by atoms with van der Waals surface area (Å²) < 4.78 is 4.84. The van der Waals surface area contributed by atoms with Crippen molar-refractivity contribution in [3.8, 4) is 0 Å². The summed E-state index contributed by atoms with van der Waals surface area (Å²) in [7, 11) is 1.40. The highest BCUT2D eigenvalue weighted by Crippen LogP contribution is 2.64. The summed E-state index contributed by atoms with van der Waals surface area (Å²) in [5, 5.41) is 12.2. The molecule has 174 valence electrons. The van der Waals surface area contributed by atoms with Gasteiger partial charge in [-0.05, 0) is 87.9 Å². The molecule has 5 nitrogen and oxygen atoms in total. The van der Waals surface area contributed by atoms with Crippen LogP contribution in [-0.4, -0.2) is 35.5 Å². The predicted octanol–water partition coefficient (Wildman–Crippen LogP) is 5.44. The maximum atomic E-state index is 12.2. The standard InChI is InChI=1S/C25H44O5/c1-17-9-10-20-22(3,4)12-8-13-24(20,6)25(17,27)16-15-23(5)14-11-19(29-30-23)18(2)21(26)28-7/h17-20,27H,8-16H2,1-7H3/t17-,18-,19+,20+,23+,24+,25-/m1/s1. The van der Waals surface area contributed by atoms with Crippen LogP contribution in [0.5, 0.6) is 0 Å². The Morgan fingerprint density at radius 2 is 1.80 bits per heavy atom. The molecule has 3 aliphatic rings. The Hall–Kier alpha value is -0.650. The smallest absolute Gasteiger partial charge is 0.311 e. The van der Waals surface area contributed by atoms with Crippen molar-refractivity contribution in [1.82, 2.24) is 0 Å². The summed E-state index contributed by atoms with van der Waals surface area (Å²) in [6.07, 6.45) is 8.65. The fraction of sp³-hybridized carbons (Fsp3) is 0.960. The van der Waals surface area contributed by atoms with Gasteiger partial charge >= 0.3 is 5.97 Å². The van der Waals surface area contributed by atoms with E-state index in [-0.39, 0.29) is 34.7 Å². The summed E-state index contributed by atoms with van der Waals surface area (Å²) in [5.41, 5.74) is -0.891. The first-order valence-electron chi connectivity index (χ1n) is 12.0. The Kier molecular flexibility index (Phi) is 6.69. The van der Waals surface area contributed by atoms with Crippen LogP contribution in [0, 0.1) is 28.6 Å². The number of hydrogen-bond acceptors (Lipinski definition) is 5. The van der Waals surface area contributed by atoms with Crippen LogP contribution in [0.3, 0.4) is 0 Å². The molecular formula is C25H44O5. The van der Waals surface area contributed by atoms with E-state index in [2.05, 4.69) is 34.6 Å². The lowest BCUT2D eigenvalue weighted by Gasteiger charge is -2.63. The van der Waals surface area contributed by atoms with Gasteiger partial charge < -0.3 is 9.84 Å². The first-order chi connectivity index (χ1) is 13.9. The fourth-order valence-corrected chi connectivity index (χ4v) is 7.11. The minimum atomic E-state index is -0.684. The van der Waals surface area contributed by atoms with E-state index in [9.17, 15) is 9.90 Å². The highest BCUT2D eigenvalue weighted by molar-refractivity contribution is 5.72. The average Bonchev–Trinajstić information content (AvgIpc) is 2.69. The Balaban J connectivity index is 1.69. The first-order valence-corrected chi connectivity index (χ1v) is 12.0. The zero-order valence-corrected chi connectivity index (χ0v) is 20.3. The summed E-state index contributed by atoms with van der Waals surface area (Å²) in [5.74, 6) is 0.233. The third-order valence-electron chi connectivity index (χ3n) is 9.42. The predicted molar refractivity (Wildman–Crippen MR) is 117 cm³/mol. The van der Waals surface area contributed by atoms with Gasteiger partial charge in [0, 0.05) is 0 Å². The Labute approximate surface area is 183 Å². The zero-order chi connectivity index (χ0) is 22.4. The lowest BCUT2D eigenvalue weighted by molar-refractivity contribution is -0.412. The molecule has 0 unspecified atom stereocenters. The van der Waals surface area contributed by atoms with Crippen molar-refractivity contribution in [3.63, 3.8) is 0 Å². The molecule has 0 radical (unpaired) electrons. The van der Waals surface area contributed by atoms with E-state index >= 15 is 0 Å². The molecule has 0 amide bonds. The Bertz CT molecular complexity index is 623. The molecule has 7 atom stereocenters. The van der Waals surface area contributed by atoms with Crippen LogP contribution in [0.1, 0.15) is 99.3 Å². The van der Waals surface area contributed by atoms with Gasteiger partial charge in [0.2, 0.25) is 0 Å². The first kappa shape index (κ1) is 24.0. The van der Waals surface area contributed by atoms with Crippen LogP contribution < -0.4 is 0 Å². The largest absolute Gasteiger partial charge is 0.469 e. The maximum Gasteiger partial charge on any atom is 0.311 e. The molecule has 0 bridgehead atoms. The fourth-order valence-electron chi connectivity index (χ4n) is 7.11. The number of carbonyl (C=O) groups is 1. The summed E-state index contributed by atoms with van der Waals surface area (Å²) in [6.45, 7) is 13.3. The zero-order valence-electron chi connectivity index (χ0n) is 20.3. The van der Waals surface area contributed by atoms with Gasteiger partial charge in [-0.15, -0.1) is 0 Å². The van der Waals surface area contributed by atoms with Crippen molar-refractivity contribution in [2.24, 2.45) is 28.6 Å². The molecule has 2 saturated carbocycles. The van der Waals surface area contributed by atoms with E-state index in [4.69, 9.17) is 14.5 Å². The van der Waals surface area contributed by atoms with Gasteiger partial charge in [0.15, 0.2) is 0 Å². The van der Waals surface area contributed by atoms with E-state index in [0.717, 1.165) is 38.5 Å². The highest BCUT2D eigenvalue weighted by Gasteiger charge is 2.61. The molecule has 30 heavy (non-hydrogen) atoms. The van der Waals surface area contributed by atoms with Crippen LogP contribution in [0.4, 0.5) is 0 Å². The molecule has 5 heteroatoms. The molecule has 0 aromatic heterocycles. The van der Waals surface area contributed by atoms with Crippen molar-refractivity contribution in [1.29, 1.82) is 0 Å². The van der Waals surface area contributed by atoms with Gasteiger partial charge in [0.25, 0.3) is 0 Å². The topological polar surface area (TPSA) is 65.0 Å². The van der Waals surface area contributed by atoms with Crippen molar-refractivity contribution in [3.05, 3.63) is 0 Å². The molecule has 0 aromatic rings. The lowest BCUT2D eigenvalue weighted by atomic mass is 9.44. The van der Waals surface area contributed by atoms with Crippen LogP contribution >= 0.6 is 0 Å². The molecule has 1 saturated heterocycles. The number of fused-ring (bicyclic) bond motifs is 1. The third kappa shape index (κ3) is 4.06. The number of ether oxygens (including phenoxy) is 1. The number of hydrogen-bond donors (Lipinski definition) is 1. The van der Waals surface area contributed by atoms with E-state index in [1.54, 1.807) is 0 Å². The SMILES string of the molecule is COC(=O)[C@H](C)[C@@H]1CC[C@@](C)(CC[C@@]2(O)[C@H](C)CC[C@H]3C(C)(C)CCC[C@@]32C)OO1. The van der Waals surface area contributed by atoms with E-state index in [0.29, 0.717) is 5.92 Å². The van der Waals surface area contributed by atoms with Crippen molar-refractivity contribution >= 4 is 5.97 Å². The van der Waals surface area contributed by atoms with Crippen molar-refractivity contribution in [2.45, 2.75) is 117 Å². The molecule has 2 aliphatic carbocycles. The van der Waals surface area contributed by atoms with Crippen molar-refractivity contribution in [2.75, 3.05) is 7.11 Å². The van der Waals surface area contributed by atoms with Crippen molar-refractivity contribution < 1.29 is 24.4 Å². The quantitative estimate of drug-likeness (QED) is 0.470. The highest BCUT2D eigenvalue weighted by atomic mass is 17.2. The van der Waals surface area contributed by atoms with Crippen LogP contribution in [0.2, 0.25) is 0 Å². The van der Waals surface area contributed by atoms with Gasteiger partial charge in [-0.1, -0.05) is 34.1 Å². The van der Waals surface area contributed by atoms with Crippen LogP contribution in [0.25, 0.3) is 0 Å². The van der Waals surface area contributed by atoms with Gasteiger partial charge in [-0.3, -0.25) is 4.79 Å². The van der Waals surface area contributed by atoms with E-state index < -0.39 is 11.2 Å². The molecule has 3 fully saturated rings. The molecule has 1 aliphatic heterocycles. The third-order valence-corrected chi connectivity index (χ3v) is 9.42. The van der Waals surface area contributed by atoms with Crippen LogP contribution in [-0.2, 0) is 19.3 Å². The minimum absolute atomic E-state index is 0.0553. The normalized spacial score (nSPS) is 44.7. The number of carbonyl (C=O) groups excluding carboxylic acids is 1. The lowest BCUT2D eigenvalue weighted by Crippen LogP contribution is -2.62. The van der Waals surface area contributed by atoms with Gasteiger partial charge in [0.1, 0.15) is 11.7 Å². The second-order valence-electron chi connectivity index (χ2n) is 11.7. The monoisotopic (exact) mass is 424 g/mol. The molecule has 3 rings (SSSR count). The summed E-state index contributed by atoms with van der Waals surface area (Å²) in [4.78, 5) is 23.3. The number of methoxy groups -OCH3 is 1. The number of rotatable bonds is 5. The van der Waals surface area contributed by atoms with Crippen LogP contribution in [0.15, 0.2) is 0 Å². The second-order valence-corrected chi connectivity index (χ2v) is 11.7. The average molecular weight is 425 g/mol. The minimum Gasteiger partial charge on any atom is -0.469 e. The number of esters is 1. The van der Waals surface area contributed by atoms with E-state index in [1.807, 2.05) is 6.92 Å². The Morgan fingerprint density at radius 3 is 2.40 bits per heavy atom. The second kappa shape index (κ2) is 8.37. The van der Waals surface area contributed by atoms with Gasteiger partial charge in [0.05, 0.1) is 18.6 Å². The molecular weight excluding hydrogens is 380 g/mol. The summed E-state index contributed by atoms with van der Waals surface area (Å²) >= 11 is 0. The summed E-state index contributed by atoms with van der Waals surface area (Å²) in [6, 6.07) is 0. The van der Waals surface area contributed by atoms with Gasteiger partial charge in [-0.25, -0.2) is 9.78 Å².